The predicted molar refractivity (Wildman–Crippen MR) is 44.1 cm³/mol. The van der Waals surface area contributed by atoms with Gasteiger partial charge in [0.25, 0.3) is 0 Å². The first-order chi connectivity index (χ1) is 6.02. The third kappa shape index (κ3) is 9.20. The van der Waals surface area contributed by atoms with Crippen LogP contribution in [0.25, 0.3) is 0 Å². The van der Waals surface area contributed by atoms with E-state index in [1.54, 1.807) is 12.5 Å². The number of aryl methyl sites for hydroxylation is 1. The molecule has 1 rings (SSSR count). The maximum Gasteiger partial charge on any atom is 0.745 e. The van der Waals surface area contributed by atoms with Gasteiger partial charge in [-0.1, -0.05) is 0 Å². The van der Waals surface area contributed by atoms with Crippen molar-refractivity contribution in [2.45, 2.75) is 6.92 Å². The van der Waals surface area contributed by atoms with Gasteiger partial charge in [0, 0.05) is 21.0 Å². The van der Waals surface area contributed by atoms with Crippen LogP contribution in [0.2, 0.25) is 0 Å². The second-order valence-electron chi connectivity index (χ2n) is 1.79. The second-order valence-corrected chi connectivity index (χ2v) is 3.40. The van der Waals surface area contributed by atoms with Crippen molar-refractivity contribution in [3.05, 3.63) is 18.2 Å². The molecule has 2 atom stereocenters. The lowest BCUT2D eigenvalue weighted by molar-refractivity contribution is 0.371. The Balaban J connectivity index is 0.000000223. The maximum atomic E-state index is 9.39. The molecule has 0 saturated heterocycles. The second kappa shape index (κ2) is 6.77. The van der Waals surface area contributed by atoms with Crippen LogP contribution in [0.5, 0.6) is 0 Å². The largest absolute Gasteiger partial charge is 0.745 e. The molecule has 1 heterocycles. The smallest absolute Gasteiger partial charge is 0.349 e. The molecule has 3 N–H and O–H groups in total. The van der Waals surface area contributed by atoms with Crippen molar-refractivity contribution in [2.75, 3.05) is 0 Å². The SMILES string of the molecule is Cc1cnc[nH]1.O=[P+](O)O[P+](=O)O. The average molecular weight is 226 g/mol. The summed E-state index contributed by atoms with van der Waals surface area (Å²) < 4.78 is 22.2. The van der Waals surface area contributed by atoms with Crippen LogP contribution in [0.3, 0.4) is 0 Å². The molecule has 0 aliphatic carbocycles. The number of H-pyrrole nitrogens is 1. The number of nitrogens with one attached hydrogen (secondary N) is 1. The van der Waals surface area contributed by atoms with Gasteiger partial charge in [-0.2, -0.15) is 0 Å². The summed E-state index contributed by atoms with van der Waals surface area (Å²) >= 11 is 0. The van der Waals surface area contributed by atoms with E-state index in [1.807, 2.05) is 6.92 Å². The zero-order valence-corrected chi connectivity index (χ0v) is 8.40. The summed E-state index contributed by atoms with van der Waals surface area (Å²) in [5, 5.41) is 0. The van der Waals surface area contributed by atoms with Gasteiger partial charge in [0.2, 0.25) is 0 Å². The lowest BCUT2D eigenvalue weighted by Crippen LogP contribution is -1.59. The molecule has 7 nitrogen and oxygen atoms in total. The molecular weight excluding hydrogens is 218 g/mol. The Kier molecular flexibility index (Phi) is 6.40. The molecule has 0 spiro atoms. The van der Waals surface area contributed by atoms with Gasteiger partial charge >= 0.3 is 16.5 Å². The highest BCUT2D eigenvalue weighted by Gasteiger charge is 2.31. The van der Waals surface area contributed by atoms with E-state index in [9.17, 15) is 9.13 Å². The fraction of sp³-hybridized carbons (Fsp3) is 0.250. The monoisotopic (exact) mass is 226 g/mol. The normalized spacial score (nSPS) is 11.3. The maximum absolute atomic E-state index is 9.39. The topological polar surface area (TPSA) is 113 Å². The third-order valence-electron chi connectivity index (χ3n) is 0.775. The molecule has 0 radical (unpaired) electrons. The summed E-state index contributed by atoms with van der Waals surface area (Å²) in [6.45, 7) is 1.97. The third-order valence-corrected chi connectivity index (χ3v) is 1.89. The Morgan fingerprint density at radius 1 is 1.46 bits per heavy atom. The van der Waals surface area contributed by atoms with Crippen molar-refractivity contribution in [1.82, 2.24) is 9.97 Å². The summed E-state index contributed by atoms with van der Waals surface area (Å²) in [5.41, 5.74) is 1.11. The molecular formula is C4H8N2O5P2+2. The molecule has 1 aromatic rings. The van der Waals surface area contributed by atoms with Crippen molar-refractivity contribution in [2.24, 2.45) is 0 Å². The summed E-state index contributed by atoms with van der Waals surface area (Å²) in [6, 6.07) is 0. The highest BCUT2D eigenvalue weighted by Crippen LogP contribution is 2.30. The van der Waals surface area contributed by atoms with E-state index >= 15 is 0 Å². The van der Waals surface area contributed by atoms with E-state index in [0.29, 0.717) is 0 Å². The summed E-state index contributed by atoms with van der Waals surface area (Å²) in [5.74, 6) is 0. The number of hydrogen-bond acceptors (Lipinski definition) is 4. The Bertz CT molecular complexity index is 262. The van der Waals surface area contributed by atoms with Crippen LogP contribution >= 0.6 is 16.5 Å². The lowest BCUT2D eigenvalue weighted by Gasteiger charge is -1.67. The van der Waals surface area contributed by atoms with Gasteiger partial charge in [0.15, 0.2) is 4.31 Å². The Morgan fingerprint density at radius 2 is 2.00 bits per heavy atom. The zero-order valence-electron chi connectivity index (χ0n) is 6.62. The number of aromatic nitrogens is 2. The van der Waals surface area contributed by atoms with E-state index in [2.05, 4.69) is 14.3 Å². The standard InChI is InChI=1S/C4H6N2.O5P2/c1-4-2-5-3-6-4;1-6(2)5-7(3)4/h2-3H,1H3,(H,5,6);/p+2. The molecule has 1 aromatic heterocycles. The highest BCUT2D eigenvalue weighted by molar-refractivity contribution is 7.46. The van der Waals surface area contributed by atoms with Gasteiger partial charge < -0.3 is 4.98 Å². The number of aromatic amines is 1. The Labute approximate surface area is 75.7 Å². The number of imidazole rings is 1. The van der Waals surface area contributed by atoms with Crippen molar-refractivity contribution < 1.29 is 23.2 Å². The van der Waals surface area contributed by atoms with Crippen LogP contribution in [-0.4, -0.2) is 19.8 Å². The molecule has 0 amide bonds. The number of nitrogens with zero attached hydrogens (tertiary/aromatic N) is 1. The molecule has 0 aliphatic heterocycles. The van der Waals surface area contributed by atoms with E-state index < -0.39 is 16.5 Å². The quantitative estimate of drug-likeness (QED) is 0.649. The van der Waals surface area contributed by atoms with E-state index in [-0.39, 0.29) is 0 Å². The van der Waals surface area contributed by atoms with Crippen molar-refractivity contribution >= 4 is 16.5 Å². The van der Waals surface area contributed by atoms with Gasteiger partial charge in [-0.15, -0.1) is 9.79 Å². The van der Waals surface area contributed by atoms with Crippen LogP contribution < -0.4 is 0 Å². The predicted octanol–water partition coefficient (Wildman–Crippen LogP) is 1.02. The molecule has 2 unspecified atom stereocenters. The van der Waals surface area contributed by atoms with Crippen LogP contribution in [0, 0.1) is 6.92 Å². The van der Waals surface area contributed by atoms with Gasteiger partial charge in [0.05, 0.1) is 6.33 Å². The molecule has 13 heavy (non-hydrogen) atoms. The Hall–Kier alpha value is -0.710. The number of rotatable bonds is 2. The van der Waals surface area contributed by atoms with Crippen molar-refractivity contribution in [3.8, 4) is 0 Å². The first kappa shape index (κ1) is 12.3. The van der Waals surface area contributed by atoms with Crippen LogP contribution in [0.4, 0.5) is 0 Å². The van der Waals surface area contributed by atoms with Crippen LogP contribution in [0.15, 0.2) is 12.5 Å². The minimum atomic E-state index is -2.92. The van der Waals surface area contributed by atoms with Crippen molar-refractivity contribution in [1.29, 1.82) is 0 Å². The van der Waals surface area contributed by atoms with E-state index in [1.165, 1.54) is 0 Å². The Morgan fingerprint density at radius 3 is 2.08 bits per heavy atom. The summed E-state index contributed by atoms with van der Waals surface area (Å²) in [4.78, 5) is 22.0. The summed E-state index contributed by atoms with van der Waals surface area (Å²) in [6.07, 6.45) is 3.44. The number of hydrogen-bond donors (Lipinski definition) is 3. The van der Waals surface area contributed by atoms with E-state index in [0.717, 1.165) is 5.69 Å². The molecule has 0 fully saturated rings. The molecule has 0 bridgehead atoms. The van der Waals surface area contributed by atoms with E-state index in [4.69, 9.17) is 9.79 Å². The average Bonchev–Trinajstić information content (AvgIpc) is 2.37. The molecule has 9 heteroatoms. The molecule has 0 aliphatic rings. The molecule has 0 aromatic carbocycles. The minimum absolute atomic E-state index is 1.11. The van der Waals surface area contributed by atoms with Gasteiger partial charge in [0.1, 0.15) is 0 Å². The van der Waals surface area contributed by atoms with Crippen LogP contribution in [-0.2, 0) is 13.4 Å². The highest BCUT2D eigenvalue weighted by atomic mass is 31.2. The van der Waals surface area contributed by atoms with Gasteiger partial charge in [-0.05, 0) is 6.92 Å². The molecule has 72 valence electrons. The first-order valence-electron chi connectivity index (χ1n) is 2.97. The minimum Gasteiger partial charge on any atom is -0.349 e. The van der Waals surface area contributed by atoms with Crippen molar-refractivity contribution in [3.63, 3.8) is 0 Å². The van der Waals surface area contributed by atoms with Gasteiger partial charge in [-0.25, -0.2) is 4.98 Å². The van der Waals surface area contributed by atoms with Gasteiger partial charge in [-0.3, -0.25) is 0 Å². The lowest BCUT2D eigenvalue weighted by atomic mass is 10.6. The fourth-order valence-corrected chi connectivity index (χ4v) is 0.863. The van der Waals surface area contributed by atoms with Crippen LogP contribution in [0.1, 0.15) is 5.69 Å². The first-order valence-corrected chi connectivity index (χ1v) is 5.23. The fourth-order valence-electron chi connectivity index (χ4n) is 0.385. The zero-order chi connectivity index (χ0) is 10.3. The summed E-state index contributed by atoms with van der Waals surface area (Å²) in [7, 11) is -5.85. The molecule has 0 saturated carbocycles.